The first-order valence-corrected chi connectivity index (χ1v) is 5.00. The molecule has 1 amide bonds. The summed E-state index contributed by atoms with van der Waals surface area (Å²) >= 11 is 0. The Morgan fingerprint density at radius 1 is 1.56 bits per heavy atom. The fourth-order valence-electron chi connectivity index (χ4n) is 1.28. The molecule has 0 aliphatic carbocycles. The Bertz CT molecular complexity index is 379. The smallest absolute Gasteiger partial charge is 0.414 e. The van der Waals surface area contributed by atoms with Gasteiger partial charge in [-0.05, 0) is 19.1 Å². The Morgan fingerprint density at radius 2 is 2.25 bits per heavy atom. The van der Waals surface area contributed by atoms with E-state index in [2.05, 4.69) is 6.58 Å². The first-order valence-electron chi connectivity index (χ1n) is 5.00. The van der Waals surface area contributed by atoms with Gasteiger partial charge in [0, 0.05) is 6.54 Å². The molecule has 0 atom stereocenters. The zero-order valence-corrected chi connectivity index (χ0v) is 9.15. The molecule has 0 saturated carbocycles. The van der Waals surface area contributed by atoms with Crippen LogP contribution in [0.5, 0.6) is 0 Å². The molecule has 0 saturated heterocycles. The summed E-state index contributed by atoms with van der Waals surface area (Å²) in [5.41, 5.74) is 0.221. The predicted molar refractivity (Wildman–Crippen MR) is 61.0 cm³/mol. The number of ether oxygens (including phenoxy) is 1. The highest BCUT2D eigenvalue weighted by molar-refractivity contribution is 5.87. The molecule has 0 aliphatic rings. The van der Waals surface area contributed by atoms with E-state index in [0.29, 0.717) is 6.54 Å². The van der Waals surface area contributed by atoms with Crippen LogP contribution in [0.15, 0.2) is 36.9 Å². The summed E-state index contributed by atoms with van der Waals surface area (Å²) in [6.45, 7) is 5.65. The van der Waals surface area contributed by atoms with E-state index in [0.717, 1.165) is 0 Å². The standard InChI is InChI=1S/C12H14FNO2/c1-3-9-16-12(15)14(4-2)11-8-6-5-7-10(11)13/h3,5-8H,1,4,9H2,2H3. The maximum absolute atomic E-state index is 13.4. The van der Waals surface area contributed by atoms with E-state index in [1.54, 1.807) is 19.1 Å². The van der Waals surface area contributed by atoms with Crippen LogP contribution in [0.2, 0.25) is 0 Å². The summed E-state index contributed by atoms with van der Waals surface area (Å²) in [6, 6.07) is 6.08. The van der Waals surface area contributed by atoms with Crippen LogP contribution in [0.4, 0.5) is 14.9 Å². The minimum Gasteiger partial charge on any atom is -0.445 e. The van der Waals surface area contributed by atoms with Crippen molar-refractivity contribution in [3.05, 3.63) is 42.7 Å². The number of benzene rings is 1. The first-order chi connectivity index (χ1) is 7.70. The van der Waals surface area contributed by atoms with Crippen molar-refractivity contribution in [2.24, 2.45) is 0 Å². The number of hydrogen-bond acceptors (Lipinski definition) is 2. The van der Waals surface area contributed by atoms with Crippen LogP contribution in [-0.2, 0) is 4.74 Å². The largest absolute Gasteiger partial charge is 0.445 e. The van der Waals surface area contributed by atoms with Gasteiger partial charge < -0.3 is 4.74 Å². The second-order valence-corrected chi connectivity index (χ2v) is 3.06. The average Bonchev–Trinajstić information content (AvgIpc) is 2.30. The van der Waals surface area contributed by atoms with Crippen LogP contribution in [0.25, 0.3) is 0 Å². The monoisotopic (exact) mass is 223 g/mol. The third kappa shape index (κ3) is 2.82. The van der Waals surface area contributed by atoms with Gasteiger partial charge in [-0.3, -0.25) is 4.90 Å². The molecule has 0 aromatic heterocycles. The zero-order chi connectivity index (χ0) is 12.0. The molecule has 16 heavy (non-hydrogen) atoms. The number of anilines is 1. The molecule has 0 N–H and O–H groups in total. The second kappa shape index (κ2) is 5.90. The van der Waals surface area contributed by atoms with Crippen LogP contribution >= 0.6 is 0 Å². The van der Waals surface area contributed by atoms with Gasteiger partial charge in [-0.25, -0.2) is 9.18 Å². The predicted octanol–water partition coefficient (Wildman–Crippen LogP) is 2.97. The number of nitrogens with zero attached hydrogens (tertiary/aromatic N) is 1. The van der Waals surface area contributed by atoms with Crippen molar-refractivity contribution in [2.75, 3.05) is 18.1 Å². The summed E-state index contributed by atoms with van der Waals surface area (Å²) in [6.07, 6.45) is 0.889. The molecular formula is C12H14FNO2. The van der Waals surface area contributed by atoms with Gasteiger partial charge in [0.2, 0.25) is 0 Å². The number of amides is 1. The molecule has 0 bridgehead atoms. The van der Waals surface area contributed by atoms with E-state index in [-0.39, 0.29) is 12.3 Å². The van der Waals surface area contributed by atoms with Gasteiger partial charge in [0.05, 0.1) is 5.69 Å². The lowest BCUT2D eigenvalue weighted by Gasteiger charge is -2.20. The van der Waals surface area contributed by atoms with Crippen molar-refractivity contribution in [3.8, 4) is 0 Å². The highest BCUT2D eigenvalue weighted by atomic mass is 19.1. The summed E-state index contributed by atoms with van der Waals surface area (Å²) < 4.78 is 18.3. The van der Waals surface area contributed by atoms with Gasteiger partial charge in [0.25, 0.3) is 0 Å². The van der Waals surface area contributed by atoms with Crippen molar-refractivity contribution in [3.63, 3.8) is 0 Å². The SMILES string of the molecule is C=CCOC(=O)N(CC)c1ccccc1F. The Morgan fingerprint density at radius 3 is 2.81 bits per heavy atom. The second-order valence-electron chi connectivity index (χ2n) is 3.06. The summed E-state index contributed by atoms with van der Waals surface area (Å²) in [5, 5.41) is 0. The molecule has 1 aromatic rings. The summed E-state index contributed by atoms with van der Waals surface area (Å²) in [4.78, 5) is 12.8. The molecule has 86 valence electrons. The highest BCUT2D eigenvalue weighted by Crippen LogP contribution is 2.19. The number of halogens is 1. The normalized spacial score (nSPS) is 9.62. The third-order valence-corrected chi connectivity index (χ3v) is 2.00. The Kier molecular flexibility index (Phi) is 4.51. The maximum atomic E-state index is 13.4. The van der Waals surface area contributed by atoms with Gasteiger partial charge in [-0.15, -0.1) is 0 Å². The molecule has 0 aliphatic heterocycles. The van der Waals surface area contributed by atoms with Gasteiger partial charge >= 0.3 is 6.09 Å². The van der Waals surface area contributed by atoms with Crippen molar-refractivity contribution < 1.29 is 13.9 Å². The molecule has 0 radical (unpaired) electrons. The molecular weight excluding hydrogens is 209 g/mol. The van der Waals surface area contributed by atoms with Crippen molar-refractivity contribution >= 4 is 11.8 Å². The molecule has 0 fully saturated rings. The van der Waals surface area contributed by atoms with E-state index in [1.165, 1.54) is 23.1 Å². The van der Waals surface area contributed by atoms with E-state index in [1.807, 2.05) is 0 Å². The molecule has 4 heteroatoms. The van der Waals surface area contributed by atoms with Crippen LogP contribution < -0.4 is 4.90 Å². The van der Waals surface area contributed by atoms with E-state index >= 15 is 0 Å². The Labute approximate surface area is 94.1 Å². The van der Waals surface area contributed by atoms with Crippen LogP contribution in [0.3, 0.4) is 0 Å². The minimum atomic E-state index is -0.576. The number of hydrogen-bond donors (Lipinski definition) is 0. The quantitative estimate of drug-likeness (QED) is 0.734. The number of para-hydroxylation sites is 1. The van der Waals surface area contributed by atoms with Crippen LogP contribution in [-0.4, -0.2) is 19.2 Å². The van der Waals surface area contributed by atoms with Gasteiger partial charge in [-0.2, -0.15) is 0 Å². The van der Waals surface area contributed by atoms with Gasteiger partial charge in [-0.1, -0.05) is 24.8 Å². The van der Waals surface area contributed by atoms with Crippen LogP contribution in [0.1, 0.15) is 6.92 Å². The minimum absolute atomic E-state index is 0.115. The fraction of sp³-hybridized carbons (Fsp3) is 0.250. The van der Waals surface area contributed by atoms with Crippen molar-refractivity contribution in [2.45, 2.75) is 6.92 Å². The summed E-state index contributed by atoms with van der Waals surface area (Å²) in [5.74, 6) is -0.445. The van der Waals surface area contributed by atoms with Gasteiger partial charge in [0.1, 0.15) is 12.4 Å². The molecule has 0 heterocycles. The van der Waals surface area contributed by atoms with Crippen molar-refractivity contribution in [1.82, 2.24) is 0 Å². The maximum Gasteiger partial charge on any atom is 0.414 e. The third-order valence-electron chi connectivity index (χ3n) is 2.00. The Balaban J connectivity index is 2.85. The zero-order valence-electron chi connectivity index (χ0n) is 9.15. The molecule has 0 spiro atoms. The van der Waals surface area contributed by atoms with Gasteiger partial charge in [0.15, 0.2) is 0 Å². The lowest BCUT2D eigenvalue weighted by Crippen LogP contribution is -2.32. The fourth-order valence-corrected chi connectivity index (χ4v) is 1.28. The first kappa shape index (κ1) is 12.2. The van der Waals surface area contributed by atoms with Crippen molar-refractivity contribution in [1.29, 1.82) is 0 Å². The lowest BCUT2D eigenvalue weighted by molar-refractivity contribution is 0.166. The number of rotatable bonds is 4. The Hall–Kier alpha value is -1.84. The highest BCUT2D eigenvalue weighted by Gasteiger charge is 2.17. The number of carbonyl (C=O) groups is 1. The lowest BCUT2D eigenvalue weighted by atomic mass is 10.3. The summed E-state index contributed by atoms with van der Waals surface area (Å²) in [7, 11) is 0. The van der Waals surface area contributed by atoms with E-state index in [9.17, 15) is 9.18 Å². The average molecular weight is 223 g/mol. The molecule has 1 aromatic carbocycles. The number of carbonyl (C=O) groups excluding carboxylic acids is 1. The molecule has 1 rings (SSSR count). The van der Waals surface area contributed by atoms with Crippen LogP contribution in [0, 0.1) is 5.82 Å². The molecule has 3 nitrogen and oxygen atoms in total. The topological polar surface area (TPSA) is 29.5 Å². The van der Waals surface area contributed by atoms with E-state index in [4.69, 9.17) is 4.74 Å². The molecule has 0 unspecified atom stereocenters. The van der Waals surface area contributed by atoms with E-state index < -0.39 is 11.9 Å².